The number of carbonyl (C=O) groups is 3. The first-order valence-corrected chi connectivity index (χ1v) is 8.57. The van der Waals surface area contributed by atoms with Crippen LogP contribution in [0.5, 0.6) is 5.75 Å². The lowest BCUT2D eigenvalue weighted by atomic mass is 10.1. The van der Waals surface area contributed by atoms with Crippen LogP contribution in [0.15, 0.2) is 60.7 Å². The lowest BCUT2D eigenvalue weighted by molar-refractivity contribution is -0.125. The smallest absolute Gasteiger partial charge is 0.342 e. The van der Waals surface area contributed by atoms with Gasteiger partial charge in [0.05, 0.1) is 12.7 Å². The molecule has 3 aromatic rings. The van der Waals surface area contributed by atoms with Gasteiger partial charge in [-0.2, -0.15) is 0 Å². The van der Waals surface area contributed by atoms with Crippen molar-refractivity contribution in [2.24, 2.45) is 0 Å². The lowest BCUT2D eigenvalue weighted by Gasteiger charge is -2.11. The van der Waals surface area contributed by atoms with Crippen LogP contribution in [0.1, 0.15) is 20.7 Å². The van der Waals surface area contributed by atoms with E-state index >= 15 is 0 Å². The van der Waals surface area contributed by atoms with Gasteiger partial charge in [0, 0.05) is 0 Å². The van der Waals surface area contributed by atoms with Crippen molar-refractivity contribution in [3.63, 3.8) is 0 Å². The van der Waals surface area contributed by atoms with E-state index in [0.29, 0.717) is 5.75 Å². The number of amides is 2. The Kier molecular flexibility index (Phi) is 6.03. The van der Waals surface area contributed by atoms with Crippen LogP contribution in [-0.2, 0) is 9.53 Å². The summed E-state index contributed by atoms with van der Waals surface area (Å²) in [5, 5.41) is 1.69. The number of hydrogen-bond donors (Lipinski definition) is 2. The molecule has 2 N–H and O–H groups in total. The normalized spacial score (nSPS) is 10.3. The Morgan fingerprint density at radius 1 is 0.897 bits per heavy atom. The van der Waals surface area contributed by atoms with E-state index in [0.717, 1.165) is 16.8 Å². The minimum Gasteiger partial charge on any atom is -0.496 e. The van der Waals surface area contributed by atoms with Gasteiger partial charge in [0.15, 0.2) is 6.61 Å². The average molecular weight is 396 g/mol. The minimum atomic E-state index is -0.834. The maximum Gasteiger partial charge on any atom is 0.342 e. The van der Waals surface area contributed by atoms with Crippen molar-refractivity contribution in [3.8, 4) is 5.75 Å². The van der Waals surface area contributed by atoms with Gasteiger partial charge in [-0.1, -0.05) is 36.4 Å². The molecule has 7 nitrogen and oxygen atoms in total. The molecule has 0 saturated carbocycles. The molecule has 148 valence electrons. The number of ether oxygens (including phenoxy) is 2. The first-order chi connectivity index (χ1) is 14.0. The zero-order valence-corrected chi connectivity index (χ0v) is 15.4. The molecule has 0 aliphatic heterocycles. The molecule has 0 spiro atoms. The lowest BCUT2D eigenvalue weighted by Crippen LogP contribution is -2.43. The molecule has 29 heavy (non-hydrogen) atoms. The van der Waals surface area contributed by atoms with Gasteiger partial charge in [0.2, 0.25) is 0 Å². The van der Waals surface area contributed by atoms with E-state index in [1.54, 1.807) is 12.1 Å². The fourth-order valence-electron chi connectivity index (χ4n) is 2.63. The van der Waals surface area contributed by atoms with E-state index in [4.69, 9.17) is 9.47 Å². The number of esters is 1. The highest BCUT2D eigenvalue weighted by Gasteiger charge is 2.17. The summed E-state index contributed by atoms with van der Waals surface area (Å²) in [4.78, 5) is 36.0. The Morgan fingerprint density at radius 3 is 2.24 bits per heavy atom. The van der Waals surface area contributed by atoms with E-state index in [9.17, 15) is 18.8 Å². The Balaban J connectivity index is 1.59. The largest absolute Gasteiger partial charge is 0.496 e. The number of fused-ring (bicyclic) bond motifs is 1. The zero-order chi connectivity index (χ0) is 20.8. The van der Waals surface area contributed by atoms with Crippen molar-refractivity contribution in [2.45, 2.75) is 0 Å². The monoisotopic (exact) mass is 396 g/mol. The van der Waals surface area contributed by atoms with E-state index in [2.05, 4.69) is 10.9 Å². The second kappa shape index (κ2) is 8.83. The third kappa shape index (κ3) is 4.67. The van der Waals surface area contributed by atoms with Crippen molar-refractivity contribution < 1.29 is 28.2 Å². The van der Waals surface area contributed by atoms with Crippen molar-refractivity contribution in [1.82, 2.24) is 10.9 Å². The maximum absolute atomic E-state index is 13.5. The molecule has 0 radical (unpaired) electrons. The second-order valence-corrected chi connectivity index (χ2v) is 5.96. The molecule has 0 fully saturated rings. The van der Waals surface area contributed by atoms with Crippen LogP contribution in [0.3, 0.4) is 0 Å². The molecule has 0 aliphatic rings. The predicted octanol–water partition coefficient (Wildman–Crippen LogP) is 2.61. The minimum absolute atomic E-state index is 0.161. The van der Waals surface area contributed by atoms with Gasteiger partial charge in [0.25, 0.3) is 11.8 Å². The van der Waals surface area contributed by atoms with E-state index < -0.39 is 30.2 Å². The van der Waals surface area contributed by atoms with Crippen LogP contribution in [-0.4, -0.2) is 31.5 Å². The van der Waals surface area contributed by atoms with Crippen molar-refractivity contribution in [3.05, 3.63) is 77.6 Å². The molecule has 0 unspecified atom stereocenters. The number of halogens is 1. The van der Waals surface area contributed by atoms with E-state index in [-0.39, 0.29) is 11.1 Å². The van der Waals surface area contributed by atoms with Gasteiger partial charge < -0.3 is 9.47 Å². The highest BCUT2D eigenvalue weighted by Crippen LogP contribution is 2.26. The summed E-state index contributed by atoms with van der Waals surface area (Å²) in [5.74, 6) is -2.80. The molecular weight excluding hydrogens is 379 g/mol. The number of nitrogens with one attached hydrogen (secondary N) is 2. The summed E-state index contributed by atoms with van der Waals surface area (Å²) >= 11 is 0. The Labute approximate surface area is 165 Å². The first kappa shape index (κ1) is 19.8. The number of hydrazine groups is 1. The number of rotatable bonds is 5. The van der Waals surface area contributed by atoms with Crippen molar-refractivity contribution >= 4 is 28.6 Å². The topological polar surface area (TPSA) is 93.7 Å². The van der Waals surface area contributed by atoms with Crippen molar-refractivity contribution in [2.75, 3.05) is 13.7 Å². The molecule has 0 heterocycles. The van der Waals surface area contributed by atoms with Crippen LogP contribution < -0.4 is 15.6 Å². The summed E-state index contributed by atoms with van der Waals surface area (Å²) in [7, 11) is 1.42. The Bertz CT molecular complexity index is 1080. The number of methoxy groups -OCH3 is 1. The molecule has 0 aromatic heterocycles. The number of carbonyl (C=O) groups excluding carboxylic acids is 3. The maximum atomic E-state index is 13.5. The fraction of sp³-hybridized carbons (Fsp3) is 0.0952. The van der Waals surface area contributed by atoms with Crippen LogP contribution in [0.25, 0.3) is 10.8 Å². The highest BCUT2D eigenvalue weighted by molar-refractivity contribution is 6.00. The van der Waals surface area contributed by atoms with Crippen LogP contribution in [0.4, 0.5) is 4.39 Å². The van der Waals surface area contributed by atoms with Gasteiger partial charge in [-0.3, -0.25) is 20.4 Å². The molecule has 8 heteroatoms. The summed E-state index contributed by atoms with van der Waals surface area (Å²) in [6, 6.07) is 16.0. The summed E-state index contributed by atoms with van der Waals surface area (Å²) in [6.07, 6.45) is 0. The van der Waals surface area contributed by atoms with Crippen LogP contribution in [0, 0.1) is 5.82 Å². The summed E-state index contributed by atoms with van der Waals surface area (Å²) in [6.45, 7) is -0.646. The van der Waals surface area contributed by atoms with Crippen molar-refractivity contribution in [1.29, 1.82) is 0 Å². The molecule has 0 bridgehead atoms. The molecule has 0 saturated heterocycles. The number of hydrogen-bond acceptors (Lipinski definition) is 5. The highest BCUT2D eigenvalue weighted by atomic mass is 19.1. The quantitative estimate of drug-likeness (QED) is 0.511. The van der Waals surface area contributed by atoms with E-state index in [1.807, 2.05) is 24.3 Å². The van der Waals surface area contributed by atoms with Gasteiger partial charge in [-0.05, 0) is 35.0 Å². The standard InChI is InChI=1S/C21H17FN2O5/c1-28-18-11-14-7-3-2-6-13(14)10-16(18)21(27)29-12-19(25)23-24-20(26)15-8-4-5-9-17(15)22/h2-11H,12H2,1H3,(H,23,25)(H,24,26). The van der Waals surface area contributed by atoms with Gasteiger partial charge in [0.1, 0.15) is 17.1 Å². The van der Waals surface area contributed by atoms with Crippen LogP contribution in [0.2, 0.25) is 0 Å². The molecule has 3 aromatic carbocycles. The molecule has 3 rings (SSSR count). The van der Waals surface area contributed by atoms with E-state index in [1.165, 1.54) is 25.3 Å². The third-order valence-electron chi connectivity index (χ3n) is 4.06. The molecule has 0 aliphatic carbocycles. The Hall–Kier alpha value is -3.94. The third-order valence-corrected chi connectivity index (χ3v) is 4.06. The Morgan fingerprint density at radius 2 is 1.55 bits per heavy atom. The summed E-state index contributed by atoms with van der Waals surface area (Å²) in [5.41, 5.74) is 4.05. The van der Waals surface area contributed by atoms with Gasteiger partial charge in [-0.15, -0.1) is 0 Å². The molecule has 2 amide bonds. The molecular formula is C21H17FN2O5. The zero-order valence-electron chi connectivity index (χ0n) is 15.4. The second-order valence-electron chi connectivity index (χ2n) is 5.96. The predicted molar refractivity (Wildman–Crippen MR) is 103 cm³/mol. The molecule has 0 atom stereocenters. The first-order valence-electron chi connectivity index (χ1n) is 8.57. The SMILES string of the molecule is COc1cc2ccccc2cc1C(=O)OCC(=O)NNC(=O)c1ccccc1F. The number of benzene rings is 3. The fourth-order valence-corrected chi connectivity index (χ4v) is 2.63. The van der Waals surface area contributed by atoms with Crippen LogP contribution >= 0.6 is 0 Å². The average Bonchev–Trinajstić information content (AvgIpc) is 2.75. The summed E-state index contributed by atoms with van der Waals surface area (Å²) < 4.78 is 23.7. The van der Waals surface area contributed by atoms with Gasteiger partial charge in [-0.25, -0.2) is 9.18 Å². The van der Waals surface area contributed by atoms with Gasteiger partial charge >= 0.3 is 5.97 Å².